The predicted molar refractivity (Wildman–Crippen MR) is 120 cm³/mol. The largest absolute Gasteiger partial charge is 0.493 e. The van der Waals surface area contributed by atoms with Crippen molar-refractivity contribution in [2.75, 3.05) is 13.7 Å². The Morgan fingerprint density at radius 1 is 0.931 bits per heavy atom. The molecule has 0 spiro atoms. The maximum atomic E-state index is 10.7. The van der Waals surface area contributed by atoms with Gasteiger partial charge in [0.15, 0.2) is 11.5 Å². The van der Waals surface area contributed by atoms with E-state index in [-0.39, 0.29) is 6.42 Å². The topological polar surface area (TPSA) is 55.8 Å². The highest BCUT2D eigenvalue weighted by molar-refractivity contribution is 5.67. The van der Waals surface area contributed by atoms with Gasteiger partial charge in [0.2, 0.25) is 0 Å². The van der Waals surface area contributed by atoms with Gasteiger partial charge in [-0.1, -0.05) is 34.9 Å². The Balaban J connectivity index is 2.47. The molecule has 0 radical (unpaired) electrons. The Bertz CT molecular complexity index is 737. The molecule has 0 bridgehead atoms. The van der Waals surface area contributed by atoms with Gasteiger partial charge in [-0.05, 0) is 83.6 Å². The molecule has 0 atom stereocenters. The normalized spacial score (nSPS) is 11.9. The minimum atomic E-state index is -0.803. The van der Waals surface area contributed by atoms with Crippen molar-refractivity contribution in [3.05, 3.63) is 58.7 Å². The number of ether oxygens (including phenoxy) is 2. The smallest absolute Gasteiger partial charge is 0.303 e. The molecule has 160 valence electrons. The average molecular weight is 401 g/mol. The predicted octanol–water partition coefficient (Wildman–Crippen LogP) is 6.51. The van der Waals surface area contributed by atoms with Crippen molar-refractivity contribution in [1.82, 2.24) is 0 Å². The fourth-order valence-corrected chi connectivity index (χ4v) is 2.85. The van der Waals surface area contributed by atoms with Crippen LogP contribution in [-0.4, -0.2) is 24.8 Å². The van der Waals surface area contributed by atoms with E-state index in [2.05, 4.69) is 45.9 Å². The van der Waals surface area contributed by atoms with Crippen LogP contribution < -0.4 is 9.47 Å². The summed E-state index contributed by atoms with van der Waals surface area (Å²) in [6.07, 6.45) is 11.6. The first-order chi connectivity index (χ1) is 13.8. The van der Waals surface area contributed by atoms with E-state index in [0.29, 0.717) is 24.5 Å². The van der Waals surface area contributed by atoms with E-state index < -0.39 is 5.97 Å². The summed E-state index contributed by atoms with van der Waals surface area (Å²) in [7, 11) is 1.59. The summed E-state index contributed by atoms with van der Waals surface area (Å²) in [5.41, 5.74) is 5.05. The molecule has 1 aromatic rings. The number of carbonyl (C=O) groups is 1. The van der Waals surface area contributed by atoms with Crippen molar-refractivity contribution in [2.24, 2.45) is 0 Å². The Kier molecular flexibility index (Phi) is 11.6. The molecule has 1 N–H and O–H groups in total. The summed E-state index contributed by atoms with van der Waals surface area (Å²) in [4.78, 5) is 10.7. The van der Waals surface area contributed by atoms with Crippen LogP contribution in [0.2, 0.25) is 0 Å². The number of hydrogen-bond acceptors (Lipinski definition) is 3. The van der Waals surface area contributed by atoms with Crippen LogP contribution in [0.3, 0.4) is 0 Å². The van der Waals surface area contributed by atoms with Crippen LogP contribution in [0.1, 0.15) is 65.4 Å². The second-order valence-electron chi connectivity index (χ2n) is 7.65. The Labute approximate surface area is 175 Å². The van der Waals surface area contributed by atoms with Crippen LogP contribution in [0.5, 0.6) is 11.5 Å². The summed E-state index contributed by atoms with van der Waals surface area (Å²) in [5, 5.41) is 8.81. The zero-order chi connectivity index (χ0) is 21.6. The SMILES string of the molecule is COc1cc(CCC(=O)O)ccc1OC/C=C(/C)CC/C=C(/C)CCC=C(C)C. The Hall–Kier alpha value is -2.49. The lowest BCUT2D eigenvalue weighted by Crippen LogP contribution is -2.00. The molecule has 29 heavy (non-hydrogen) atoms. The Morgan fingerprint density at radius 3 is 2.21 bits per heavy atom. The van der Waals surface area contributed by atoms with Crippen molar-refractivity contribution >= 4 is 5.97 Å². The first-order valence-electron chi connectivity index (χ1n) is 10.3. The van der Waals surface area contributed by atoms with Gasteiger partial charge >= 0.3 is 5.97 Å². The summed E-state index contributed by atoms with van der Waals surface area (Å²) < 4.78 is 11.2. The molecule has 1 aromatic carbocycles. The van der Waals surface area contributed by atoms with Crippen molar-refractivity contribution in [2.45, 2.75) is 66.2 Å². The van der Waals surface area contributed by atoms with Gasteiger partial charge in [0, 0.05) is 6.42 Å². The highest BCUT2D eigenvalue weighted by atomic mass is 16.5. The third kappa shape index (κ3) is 11.2. The van der Waals surface area contributed by atoms with Gasteiger partial charge in [0.25, 0.3) is 0 Å². The molecule has 0 aliphatic rings. The summed E-state index contributed by atoms with van der Waals surface area (Å²) >= 11 is 0. The highest BCUT2D eigenvalue weighted by Gasteiger charge is 2.07. The molecule has 0 unspecified atom stereocenters. The van der Waals surface area contributed by atoms with Crippen LogP contribution >= 0.6 is 0 Å². The molecule has 0 saturated carbocycles. The summed E-state index contributed by atoms with van der Waals surface area (Å²) in [5.74, 6) is 0.502. The first-order valence-corrected chi connectivity index (χ1v) is 10.3. The molecular formula is C25H36O4. The van der Waals surface area contributed by atoms with E-state index in [4.69, 9.17) is 14.6 Å². The van der Waals surface area contributed by atoms with Gasteiger partial charge in [-0.25, -0.2) is 0 Å². The number of benzene rings is 1. The van der Waals surface area contributed by atoms with Gasteiger partial charge in [-0.2, -0.15) is 0 Å². The van der Waals surface area contributed by atoms with E-state index in [1.165, 1.54) is 16.7 Å². The molecule has 4 heteroatoms. The molecule has 0 amide bonds. The molecule has 0 aromatic heterocycles. The number of allylic oxidation sites excluding steroid dienone is 5. The maximum absolute atomic E-state index is 10.7. The third-order valence-electron chi connectivity index (χ3n) is 4.65. The van der Waals surface area contributed by atoms with Crippen LogP contribution in [0.25, 0.3) is 0 Å². The van der Waals surface area contributed by atoms with Crippen molar-refractivity contribution in [3.63, 3.8) is 0 Å². The summed E-state index contributed by atoms with van der Waals surface area (Å²) in [6, 6.07) is 5.58. The van der Waals surface area contributed by atoms with Gasteiger partial charge in [-0.3, -0.25) is 4.79 Å². The van der Waals surface area contributed by atoms with E-state index in [9.17, 15) is 4.79 Å². The lowest BCUT2D eigenvalue weighted by molar-refractivity contribution is -0.136. The van der Waals surface area contributed by atoms with Crippen LogP contribution in [0, 0.1) is 0 Å². The third-order valence-corrected chi connectivity index (χ3v) is 4.65. The van der Waals surface area contributed by atoms with E-state index in [1.54, 1.807) is 7.11 Å². The fraction of sp³-hybridized carbons (Fsp3) is 0.480. The maximum Gasteiger partial charge on any atom is 0.303 e. The van der Waals surface area contributed by atoms with Gasteiger partial charge in [0.1, 0.15) is 6.61 Å². The average Bonchev–Trinajstić information content (AvgIpc) is 2.66. The zero-order valence-electron chi connectivity index (χ0n) is 18.6. The number of methoxy groups -OCH3 is 1. The number of aryl methyl sites for hydroxylation is 1. The molecule has 0 aliphatic heterocycles. The number of carboxylic acids is 1. The zero-order valence-corrected chi connectivity index (χ0v) is 18.6. The van der Waals surface area contributed by atoms with Crippen molar-refractivity contribution < 1.29 is 19.4 Å². The van der Waals surface area contributed by atoms with Gasteiger partial charge < -0.3 is 14.6 Å². The lowest BCUT2D eigenvalue weighted by atomic mass is 10.1. The molecule has 1 rings (SSSR count). The number of aliphatic carboxylic acids is 1. The van der Waals surface area contributed by atoms with E-state index in [1.807, 2.05) is 18.2 Å². The minimum Gasteiger partial charge on any atom is -0.493 e. The van der Waals surface area contributed by atoms with E-state index >= 15 is 0 Å². The first kappa shape index (κ1) is 24.5. The van der Waals surface area contributed by atoms with Crippen molar-refractivity contribution in [1.29, 1.82) is 0 Å². The Morgan fingerprint density at radius 2 is 1.59 bits per heavy atom. The second-order valence-corrected chi connectivity index (χ2v) is 7.65. The quantitative estimate of drug-likeness (QED) is 0.383. The number of hydrogen-bond donors (Lipinski definition) is 1. The monoisotopic (exact) mass is 400 g/mol. The van der Waals surface area contributed by atoms with Crippen LogP contribution in [-0.2, 0) is 11.2 Å². The molecule has 0 heterocycles. The van der Waals surface area contributed by atoms with Crippen LogP contribution in [0.4, 0.5) is 0 Å². The molecule has 0 saturated heterocycles. The van der Waals surface area contributed by atoms with Crippen LogP contribution in [0.15, 0.2) is 53.1 Å². The fourth-order valence-electron chi connectivity index (χ4n) is 2.85. The molecule has 0 fully saturated rings. The lowest BCUT2D eigenvalue weighted by Gasteiger charge is -2.11. The molecular weight excluding hydrogens is 364 g/mol. The second kappa shape index (κ2) is 13.6. The minimum absolute atomic E-state index is 0.105. The number of carboxylic acid groups (broad SMARTS) is 1. The number of rotatable bonds is 13. The molecule has 0 aliphatic carbocycles. The van der Waals surface area contributed by atoms with E-state index in [0.717, 1.165) is 31.2 Å². The standard InChI is InChI=1S/C25H36O4/c1-19(2)8-6-9-20(3)10-7-11-21(4)16-17-29-23-14-12-22(13-15-25(26)27)18-24(23)28-5/h8,10,12,14,16,18H,6-7,9,11,13,15,17H2,1-5H3,(H,26,27)/b20-10-,21-16-. The highest BCUT2D eigenvalue weighted by Crippen LogP contribution is 2.28. The van der Waals surface area contributed by atoms with Gasteiger partial charge in [0.05, 0.1) is 7.11 Å². The molecule has 4 nitrogen and oxygen atoms in total. The van der Waals surface area contributed by atoms with Gasteiger partial charge in [-0.15, -0.1) is 0 Å². The van der Waals surface area contributed by atoms with Crippen molar-refractivity contribution in [3.8, 4) is 11.5 Å². The summed E-state index contributed by atoms with van der Waals surface area (Å²) in [6.45, 7) is 9.09.